The van der Waals surface area contributed by atoms with Crippen molar-refractivity contribution in [3.8, 4) is 11.5 Å². The molecule has 0 saturated heterocycles. The molecule has 24 heavy (non-hydrogen) atoms. The molecule has 0 aliphatic heterocycles. The highest BCUT2D eigenvalue weighted by molar-refractivity contribution is 5.86. The van der Waals surface area contributed by atoms with Crippen LogP contribution in [0.5, 0.6) is 11.5 Å². The molecule has 0 fully saturated rings. The lowest BCUT2D eigenvalue weighted by molar-refractivity contribution is 0.201. The number of hydrogen-bond acceptors (Lipinski definition) is 4. The number of hydrogen-bond donors (Lipinski definition) is 1. The predicted molar refractivity (Wildman–Crippen MR) is 92.5 cm³/mol. The van der Waals surface area contributed by atoms with E-state index in [1.165, 1.54) is 0 Å². The SMILES string of the molecule is COc1ccc(CCNC(=O)Oc2cccc3cccnc23)cc1. The first kappa shape index (κ1) is 15.8. The second-order valence-electron chi connectivity index (χ2n) is 5.25. The van der Waals surface area contributed by atoms with Gasteiger partial charge >= 0.3 is 6.09 Å². The van der Waals surface area contributed by atoms with Gasteiger partial charge in [-0.3, -0.25) is 4.98 Å². The van der Waals surface area contributed by atoms with Crippen molar-refractivity contribution in [1.82, 2.24) is 10.3 Å². The lowest BCUT2D eigenvalue weighted by Gasteiger charge is -2.08. The Kier molecular flexibility index (Phi) is 4.91. The quantitative estimate of drug-likeness (QED) is 0.780. The summed E-state index contributed by atoms with van der Waals surface area (Å²) >= 11 is 0. The van der Waals surface area contributed by atoms with E-state index in [1.54, 1.807) is 19.4 Å². The Morgan fingerprint density at radius 3 is 2.67 bits per heavy atom. The van der Waals surface area contributed by atoms with E-state index < -0.39 is 6.09 Å². The Morgan fingerprint density at radius 1 is 1.08 bits per heavy atom. The van der Waals surface area contributed by atoms with Crippen LogP contribution in [-0.4, -0.2) is 24.7 Å². The molecule has 0 radical (unpaired) electrons. The van der Waals surface area contributed by atoms with Gasteiger partial charge in [0.15, 0.2) is 5.75 Å². The summed E-state index contributed by atoms with van der Waals surface area (Å²) < 4.78 is 10.5. The highest BCUT2D eigenvalue weighted by atomic mass is 16.6. The number of fused-ring (bicyclic) bond motifs is 1. The Hall–Kier alpha value is -3.08. The summed E-state index contributed by atoms with van der Waals surface area (Å²) in [6.45, 7) is 0.489. The molecular weight excluding hydrogens is 304 g/mol. The van der Waals surface area contributed by atoms with E-state index in [0.29, 0.717) is 24.2 Å². The zero-order valence-corrected chi connectivity index (χ0v) is 13.4. The van der Waals surface area contributed by atoms with Crippen molar-refractivity contribution < 1.29 is 14.3 Å². The summed E-state index contributed by atoms with van der Waals surface area (Å²) in [4.78, 5) is 16.2. The highest BCUT2D eigenvalue weighted by Gasteiger charge is 2.08. The van der Waals surface area contributed by atoms with Crippen LogP contribution in [0.15, 0.2) is 60.8 Å². The van der Waals surface area contributed by atoms with E-state index in [1.807, 2.05) is 48.5 Å². The van der Waals surface area contributed by atoms with Crippen LogP contribution in [0, 0.1) is 0 Å². The average Bonchev–Trinajstić information content (AvgIpc) is 2.63. The van der Waals surface area contributed by atoms with Gasteiger partial charge in [0.25, 0.3) is 0 Å². The number of aromatic nitrogens is 1. The first-order chi connectivity index (χ1) is 11.8. The van der Waals surface area contributed by atoms with Crippen molar-refractivity contribution in [3.05, 3.63) is 66.4 Å². The number of amides is 1. The van der Waals surface area contributed by atoms with Crippen LogP contribution < -0.4 is 14.8 Å². The number of carbonyl (C=O) groups excluding carboxylic acids is 1. The molecular formula is C19H18N2O3. The largest absolute Gasteiger partial charge is 0.497 e. The van der Waals surface area contributed by atoms with Crippen LogP contribution in [0.1, 0.15) is 5.56 Å². The molecule has 122 valence electrons. The molecule has 5 heteroatoms. The summed E-state index contributed by atoms with van der Waals surface area (Å²) in [6.07, 6.45) is 1.91. The van der Waals surface area contributed by atoms with Crippen LogP contribution in [0.2, 0.25) is 0 Å². The molecule has 1 heterocycles. The Morgan fingerprint density at radius 2 is 1.88 bits per heavy atom. The topological polar surface area (TPSA) is 60.5 Å². The standard InChI is InChI=1S/C19H18N2O3/c1-23-16-9-7-14(8-10-16)11-13-21-19(22)24-17-6-2-4-15-5-3-12-20-18(15)17/h2-10,12H,11,13H2,1H3,(H,21,22). The van der Waals surface area contributed by atoms with E-state index in [0.717, 1.165) is 16.7 Å². The van der Waals surface area contributed by atoms with Gasteiger partial charge < -0.3 is 14.8 Å². The normalized spacial score (nSPS) is 10.4. The summed E-state index contributed by atoms with van der Waals surface area (Å²) in [7, 11) is 1.63. The maximum absolute atomic E-state index is 12.0. The van der Waals surface area contributed by atoms with E-state index in [9.17, 15) is 4.79 Å². The predicted octanol–water partition coefficient (Wildman–Crippen LogP) is 3.57. The number of carbonyl (C=O) groups is 1. The van der Waals surface area contributed by atoms with Gasteiger partial charge in [-0.25, -0.2) is 4.79 Å². The second-order valence-corrected chi connectivity index (χ2v) is 5.25. The summed E-state index contributed by atoms with van der Waals surface area (Å²) in [5.74, 6) is 1.27. The van der Waals surface area contributed by atoms with Gasteiger partial charge in [-0.15, -0.1) is 0 Å². The van der Waals surface area contributed by atoms with Crippen molar-refractivity contribution in [3.63, 3.8) is 0 Å². The molecule has 0 aliphatic carbocycles. The number of para-hydroxylation sites is 1. The van der Waals surface area contributed by atoms with E-state index in [2.05, 4.69) is 10.3 Å². The molecule has 1 aromatic heterocycles. The lowest BCUT2D eigenvalue weighted by Crippen LogP contribution is -2.28. The maximum Gasteiger partial charge on any atom is 0.412 e. The minimum Gasteiger partial charge on any atom is -0.497 e. The van der Waals surface area contributed by atoms with Crippen LogP contribution in [0.4, 0.5) is 4.79 Å². The third-order valence-corrected chi connectivity index (χ3v) is 3.64. The zero-order valence-electron chi connectivity index (χ0n) is 13.4. The molecule has 1 amide bonds. The third-order valence-electron chi connectivity index (χ3n) is 3.64. The van der Waals surface area contributed by atoms with Crippen LogP contribution in [0.3, 0.4) is 0 Å². The molecule has 0 spiro atoms. The maximum atomic E-state index is 12.0. The molecule has 2 aromatic carbocycles. The van der Waals surface area contributed by atoms with Crippen molar-refractivity contribution >= 4 is 17.0 Å². The number of pyridine rings is 1. The van der Waals surface area contributed by atoms with Crippen molar-refractivity contribution in [2.45, 2.75) is 6.42 Å². The molecule has 5 nitrogen and oxygen atoms in total. The van der Waals surface area contributed by atoms with Gasteiger partial charge in [0, 0.05) is 18.1 Å². The molecule has 0 saturated carbocycles. The van der Waals surface area contributed by atoms with Gasteiger partial charge in [0.2, 0.25) is 0 Å². The number of ether oxygens (including phenoxy) is 2. The highest BCUT2D eigenvalue weighted by Crippen LogP contribution is 2.22. The molecule has 3 rings (SSSR count). The number of methoxy groups -OCH3 is 1. The Balaban J connectivity index is 1.55. The van der Waals surface area contributed by atoms with Crippen LogP contribution >= 0.6 is 0 Å². The Bertz CT molecular complexity index is 826. The fourth-order valence-corrected chi connectivity index (χ4v) is 2.40. The molecule has 0 bridgehead atoms. The van der Waals surface area contributed by atoms with Gasteiger partial charge in [-0.1, -0.05) is 30.3 Å². The molecule has 0 atom stereocenters. The van der Waals surface area contributed by atoms with Gasteiger partial charge in [-0.2, -0.15) is 0 Å². The summed E-state index contributed by atoms with van der Waals surface area (Å²) in [5, 5.41) is 3.68. The fraction of sp³-hybridized carbons (Fsp3) is 0.158. The number of benzene rings is 2. The van der Waals surface area contributed by atoms with Crippen LogP contribution in [-0.2, 0) is 6.42 Å². The second kappa shape index (κ2) is 7.46. The summed E-state index contributed by atoms with van der Waals surface area (Å²) in [6, 6.07) is 17.0. The first-order valence-corrected chi connectivity index (χ1v) is 7.68. The molecule has 0 unspecified atom stereocenters. The van der Waals surface area contributed by atoms with Crippen molar-refractivity contribution in [2.75, 3.05) is 13.7 Å². The monoisotopic (exact) mass is 322 g/mol. The Labute approximate surface area is 140 Å². The van der Waals surface area contributed by atoms with Gasteiger partial charge in [0.1, 0.15) is 11.3 Å². The lowest BCUT2D eigenvalue weighted by atomic mass is 10.1. The number of nitrogens with zero attached hydrogens (tertiary/aromatic N) is 1. The molecule has 1 N–H and O–H groups in total. The fourth-order valence-electron chi connectivity index (χ4n) is 2.40. The van der Waals surface area contributed by atoms with E-state index >= 15 is 0 Å². The first-order valence-electron chi connectivity index (χ1n) is 7.68. The van der Waals surface area contributed by atoms with E-state index in [4.69, 9.17) is 9.47 Å². The third kappa shape index (κ3) is 3.81. The smallest absolute Gasteiger partial charge is 0.412 e. The van der Waals surface area contributed by atoms with Crippen molar-refractivity contribution in [2.24, 2.45) is 0 Å². The molecule has 3 aromatic rings. The minimum absolute atomic E-state index is 0.454. The minimum atomic E-state index is -0.485. The average molecular weight is 322 g/mol. The zero-order chi connectivity index (χ0) is 16.8. The van der Waals surface area contributed by atoms with Gasteiger partial charge in [0.05, 0.1) is 7.11 Å². The molecule has 0 aliphatic rings. The number of rotatable bonds is 5. The van der Waals surface area contributed by atoms with Crippen LogP contribution in [0.25, 0.3) is 10.9 Å². The summed E-state index contributed by atoms with van der Waals surface area (Å²) in [5.41, 5.74) is 1.79. The number of nitrogens with one attached hydrogen (secondary N) is 1. The van der Waals surface area contributed by atoms with Gasteiger partial charge in [-0.05, 0) is 36.2 Å². The van der Waals surface area contributed by atoms with Crippen molar-refractivity contribution in [1.29, 1.82) is 0 Å². The van der Waals surface area contributed by atoms with E-state index in [-0.39, 0.29) is 0 Å².